The van der Waals surface area contributed by atoms with E-state index in [1.807, 2.05) is 38.1 Å². The van der Waals surface area contributed by atoms with Crippen molar-refractivity contribution < 1.29 is 28.2 Å². The number of carboxylic acids is 1. The summed E-state index contributed by atoms with van der Waals surface area (Å²) in [7, 11) is 0. The number of carbonyl (C=O) groups is 1. The predicted molar refractivity (Wildman–Crippen MR) is 196 cm³/mol. The normalized spacial score (nSPS) is 21.1. The minimum Gasteiger partial charge on any atom is -0.489 e. The number of rotatable bonds is 10. The Balaban J connectivity index is 0.000000175. The van der Waals surface area contributed by atoms with Gasteiger partial charge >= 0.3 is 5.97 Å². The third kappa shape index (κ3) is 7.26. The lowest BCUT2D eigenvalue weighted by atomic mass is 9.93. The molecule has 3 aromatic carbocycles. The summed E-state index contributed by atoms with van der Waals surface area (Å²) in [5, 5.41) is 9.88. The van der Waals surface area contributed by atoms with Crippen LogP contribution < -0.4 is 15.0 Å². The fourth-order valence-electron chi connectivity index (χ4n) is 7.12. The van der Waals surface area contributed by atoms with Crippen molar-refractivity contribution in [3.8, 4) is 11.5 Å². The summed E-state index contributed by atoms with van der Waals surface area (Å²) in [4.78, 5) is 48.5. The molecule has 0 aliphatic heterocycles. The molecule has 0 saturated heterocycles. The number of nitrogens with one attached hydrogen (secondary N) is 1. The Hall–Kier alpha value is -6.11. The van der Waals surface area contributed by atoms with Crippen molar-refractivity contribution >= 4 is 16.9 Å². The van der Waals surface area contributed by atoms with Crippen molar-refractivity contribution in [2.24, 2.45) is 5.92 Å². The van der Waals surface area contributed by atoms with Crippen LogP contribution in [0.1, 0.15) is 58.7 Å². The lowest BCUT2D eigenvalue weighted by molar-refractivity contribution is -0.139. The molecule has 0 unspecified atom stereocenters. The molecule has 0 spiro atoms. The number of aromatic nitrogens is 6. The van der Waals surface area contributed by atoms with Crippen molar-refractivity contribution in [1.29, 1.82) is 0 Å². The van der Waals surface area contributed by atoms with E-state index in [1.54, 1.807) is 50.5 Å². The molecule has 2 fully saturated rings. The number of benzene rings is 3. The maximum absolute atomic E-state index is 14.1. The van der Waals surface area contributed by atoms with Crippen molar-refractivity contribution in [1.82, 2.24) is 29.9 Å². The van der Waals surface area contributed by atoms with Crippen LogP contribution in [0.4, 0.5) is 8.78 Å². The second-order valence-electron chi connectivity index (χ2n) is 14.0. The maximum atomic E-state index is 14.1. The molecule has 8 rings (SSSR count). The summed E-state index contributed by atoms with van der Waals surface area (Å²) in [6, 6.07) is 19.8. The SMILES string of the molecule is Cc1ncc(OC[C@@]2(c3cccc(F)c3)C[C@H]2C(=O)O)c(C)n1.Cc1ncc(OC[C@@]2(c3cccc(F)c3)C[C@H]2c2nc3ccccc3c(=O)[nH]2)c(C)n1. The summed E-state index contributed by atoms with van der Waals surface area (Å²) in [5.41, 5.74) is 2.17. The predicted octanol–water partition coefficient (Wildman–Crippen LogP) is 6.63. The van der Waals surface area contributed by atoms with Crippen LogP contribution in [0.2, 0.25) is 0 Å². The summed E-state index contributed by atoms with van der Waals surface area (Å²) in [6.45, 7) is 7.73. The Morgan fingerprint density at radius 1 is 0.778 bits per heavy atom. The summed E-state index contributed by atoms with van der Waals surface area (Å²) in [5.74, 6) is 0.758. The van der Waals surface area contributed by atoms with Crippen LogP contribution in [0.15, 0.2) is 90.0 Å². The third-order valence-electron chi connectivity index (χ3n) is 10.3. The quantitative estimate of drug-likeness (QED) is 0.157. The van der Waals surface area contributed by atoms with Gasteiger partial charge in [-0.2, -0.15) is 0 Å². The zero-order chi connectivity index (χ0) is 38.2. The van der Waals surface area contributed by atoms with Crippen LogP contribution in [0.25, 0.3) is 10.9 Å². The highest BCUT2D eigenvalue weighted by atomic mass is 19.1. The Bertz CT molecular complexity index is 2440. The van der Waals surface area contributed by atoms with Gasteiger partial charge in [0.05, 0.1) is 53.8 Å². The monoisotopic (exact) mass is 732 g/mol. The molecule has 0 radical (unpaired) electrons. The summed E-state index contributed by atoms with van der Waals surface area (Å²) >= 11 is 0. The fourth-order valence-corrected chi connectivity index (χ4v) is 7.12. The van der Waals surface area contributed by atoms with Gasteiger partial charge in [0.25, 0.3) is 5.56 Å². The Kier molecular flexibility index (Phi) is 9.65. The van der Waals surface area contributed by atoms with E-state index in [9.17, 15) is 23.5 Å². The van der Waals surface area contributed by atoms with Gasteiger partial charge in [-0.3, -0.25) is 9.59 Å². The van der Waals surface area contributed by atoms with E-state index < -0.39 is 22.7 Å². The van der Waals surface area contributed by atoms with Gasteiger partial charge in [0.1, 0.15) is 29.1 Å². The fraction of sp³-hybridized carbons (Fsp3) is 0.293. The van der Waals surface area contributed by atoms with Crippen LogP contribution in [-0.4, -0.2) is 54.2 Å². The molecule has 54 heavy (non-hydrogen) atoms. The molecule has 0 amide bonds. The first kappa shape index (κ1) is 36.3. The van der Waals surface area contributed by atoms with E-state index in [0.717, 1.165) is 11.3 Å². The molecule has 2 saturated carbocycles. The zero-order valence-corrected chi connectivity index (χ0v) is 30.1. The highest BCUT2D eigenvalue weighted by Gasteiger charge is 2.61. The van der Waals surface area contributed by atoms with Crippen LogP contribution in [-0.2, 0) is 15.6 Å². The van der Waals surface area contributed by atoms with E-state index in [4.69, 9.17) is 14.5 Å². The second-order valence-corrected chi connectivity index (χ2v) is 14.0. The Labute approximate surface area is 309 Å². The number of hydrogen-bond donors (Lipinski definition) is 2. The van der Waals surface area contributed by atoms with Crippen molar-refractivity contribution in [3.63, 3.8) is 0 Å². The maximum Gasteiger partial charge on any atom is 0.307 e. The average molecular weight is 733 g/mol. The van der Waals surface area contributed by atoms with E-state index in [2.05, 4.69) is 24.9 Å². The molecule has 6 aromatic rings. The van der Waals surface area contributed by atoms with Gasteiger partial charge in [-0.25, -0.2) is 33.7 Å². The van der Waals surface area contributed by atoms with Gasteiger partial charge in [-0.05, 0) is 88.1 Å². The molecule has 2 aliphatic carbocycles. The lowest BCUT2D eigenvalue weighted by Crippen LogP contribution is -2.24. The van der Waals surface area contributed by atoms with E-state index in [1.165, 1.54) is 24.3 Å². The smallest absolute Gasteiger partial charge is 0.307 e. The molecule has 0 bridgehead atoms. The van der Waals surface area contributed by atoms with Gasteiger partial charge in [0.15, 0.2) is 11.5 Å². The Morgan fingerprint density at radius 3 is 1.87 bits per heavy atom. The third-order valence-corrected chi connectivity index (χ3v) is 10.3. The number of nitrogens with zero attached hydrogens (tertiary/aromatic N) is 5. The highest BCUT2D eigenvalue weighted by Crippen LogP contribution is 2.60. The van der Waals surface area contributed by atoms with Gasteiger partial charge in [0, 0.05) is 16.7 Å². The second kappa shape index (κ2) is 14.4. The van der Waals surface area contributed by atoms with Crippen LogP contribution >= 0.6 is 0 Å². The summed E-state index contributed by atoms with van der Waals surface area (Å²) < 4.78 is 39.5. The summed E-state index contributed by atoms with van der Waals surface area (Å²) in [6.07, 6.45) is 4.35. The van der Waals surface area contributed by atoms with Gasteiger partial charge in [0.2, 0.25) is 0 Å². The van der Waals surface area contributed by atoms with E-state index in [-0.39, 0.29) is 29.7 Å². The number of para-hydroxylation sites is 1. The molecule has 276 valence electrons. The highest BCUT2D eigenvalue weighted by molar-refractivity contribution is 5.78. The number of ether oxygens (including phenoxy) is 2. The standard InChI is InChI=1S/C24H21FN4O2.C17H17FN2O3/c1-14-21(12-26-15(2)27-14)31-13-24(16-6-5-7-17(25)10-16)11-19(24)22-28-20-9-4-3-8-18(20)23(30)29-22;1-10-15(8-19-11(2)20-10)23-9-17(7-14(17)16(21)22)12-4-3-5-13(18)6-12/h3-10,12,19H,11,13H2,1-2H3,(H,28,29,30);3-6,8,14H,7,9H2,1-2H3,(H,21,22)/t19-,24+;14-,17+/m00/s1. The average Bonchev–Trinajstić information content (AvgIpc) is 4.06. The van der Waals surface area contributed by atoms with Crippen LogP contribution in [0.3, 0.4) is 0 Å². The Morgan fingerprint density at radius 2 is 1.33 bits per heavy atom. The van der Waals surface area contributed by atoms with Gasteiger partial charge < -0.3 is 19.6 Å². The first-order valence-electron chi connectivity index (χ1n) is 17.5. The molecule has 2 N–H and O–H groups in total. The number of H-pyrrole nitrogens is 1. The van der Waals surface area contributed by atoms with Crippen molar-refractivity contribution in [3.05, 3.63) is 147 Å². The molecule has 3 heterocycles. The molecule has 3 aromatic heterocycles. The number of aromatic amines is 1. The zero-order valence-electron chi connectivity index (χ0n) is 30.1. The lowest BCUT2D eigenvalue weighted by Gasteiger charge is -2.20. The van der Waals surface area contributed by atoms with Gasteiger partial charge in [-0.15, -0.1) is 0 Å². The minimum atomic E-state index is -0.894. The van der Waals surface area contributed by atoms with E-state index >= 15 is 0 Å². The van der Waals surface area contributed by atoms with Crippen LogP contribution in [0.5, 0.6) is 11.5 Å². The first-order chi connectivity index (χ1) is 25.9. The number of carboxylic acid groups (broad SMARTS) is 1. The number of aliphatic carboxylic acids is 1. The van der Waals surface area contributed by atoms with Crippen LogP contribution in [0, 0.1) is 45.2 Å². The largest absolute Gasteiger partial charge is 0.489 e. The van der Waals surface area contributed by atoms with E-state index in [0.29, 0.717) is 70.6 Å². The minimum absolute atomic E-state index is 0.0988. The van der Waals surface area contributed by atoms with Crippen molar-refractivity contribution in [2.75, 3.05) is 13.2 Å². The van der Waals surface area contributed by atoms with Crippen molar-refractivity contribution in [2.45, 2.75) is 57.3 Å². The first-order valence-corrected chi connectivity index (χ1v) is 17.5. The topological polar surface area (TPSA) is 153 Å². The molecule has 13 heteroatoms. The molecular formula is C41H38F2N6O5. The number of aryl methyl sites for hydroxylation is 4. The molecule has 11 nitrogen and oxygen atoms in total. The molecular weight excluding hydrogens is 694 g/mol. The number of fused-ring (bicyclic) bond motifs is 1. The molecule has 2 aliphatic rings. The molecule has 4 atom stereocenters. The number of halogens is 2. The van der Waals surface area contributed by atoms with Gasteiger partial charge in [-0.1, -0.05) is 36.4 Å². The number of hydrogen-bond acceptors (Lipinski definition) is 9.